The van der Waals surface area contributed by atoms with Crippen LogP contribution in [-0.4, -0.2) is 51.4 Å². The summed E-state index contributed by atoms with van der Waals surface area (Å²) in [7, 11) is -2.51. The van der Waals surface area contributed by atoms with Gasteiger partial charge in [0.05, 0.1) is 17.7 Å². The Hall–Kier alpha value is -3.85. The van der Waals surface area contributed by atoms with Gasteiger partial charge in [0.15, 0.2) is 0 Å². The summed E-state index contributed by atoms with van der Waals surface area (Å²) in [5.74, 6) is -0.203. The van der Waals surface area contributed by atoms with Gasteiger partial charge < -0.3 is 15.0 Å². The van der Waals surface area contributed by atoms with Gasteiger partial charge in [-0.1, -0.05) is 55.5 Å². The van der Waals surface area contributed by atoms with Gasteiger partial charge in [-0.05, 0) is 55.3 Å². The van der Waals surface area contributed by atoms with Gasteiger partial charge in [-0.3, -0.25) is 13.9 Å². The van der Waals surface area contributed by atoms with E-state index < -0.39 is 28.5 Å². The van der Waals surface area contributed by atoms with Crippen LogP contribution in [0.25, 0.3) is 0 Å². The first kappa shape index (κ1) is 27.7. The molecule has 0 unspecified atom stereocenters. The Morgan fingerprint density at radius 3 is 2.22 bits per heavy atom. The van der Waals surface area contributed by atoms with Crippen molar-refractivity contribution in [2.24, 2.45) is 0 Å². The molecule has 0 fully saturated rings. The van der Waals surface area contributed by atoms with Crippen LogP contribution in [0.3, 0.4) is 0 Å². The number of amides is 2. The lowest BCUT2D eigenvalue weighted by Gasteiger charge is -2.32. The highest BCUT2D eigenvalue weighted by Gasteiger charge is 2.32. The zero-order valence-electron chi connectivity index (χ0n) is 21.3. The molecule has 0 radical (unpaired) electrons. The van der Waals surface area contributed by atoms with Crippen molar-refractivity contribution in [1.82, 2.24) is 10.2 Å². The first-order valence-corrected chi connectivity index (χ1v) is 13.5. The molecule has 3 aromatic rings. The molecule has 0 aliphatic rings. The molecule has 196 valence electrons. The van der Waals surface area contributed by atoms with Crippen LogP contribution < -0.4 is 14.4 Å². The predicted molar refractivity (Wildman–Crippen MR) is 144 cm³/mol. The number of anilines is 1. The zero-order chi connectivity index (χ0) is 26.8. The van der Waals surface area contributed by atoms with Crippen molar-refractivity contribution in [3.63, 3.8) is 0 Å². The van der Waals surface area contributed by atoms with Crippen molar-refractivity contribution in [3.05, 3.63) is 90.5 Å². The zero-order valence-corrected chi connectivity index (χ0v) is 22.1. The van der Waals surface area contributed by atoms with Crippen LogP contribution in [-0.2, 0) is 26.2 Å². The van der Waals surface area contributed by atoms with E-state index in [9.17, 15) is 18.0 Å². The normalized spacial score (nSPS) is 11.9. The topological polar surface area (TPSA) is 96.0 Å². The fraction of sp³-hybridized carbons (Fsp3) is 0.286. The number of methoxy groups -OCH3 is 1. The van der Waals surface area contributed by atoms with E-state index in [1.807, 2.05) is 13.0 Å². The minimum absolute atomic E-state index is 0.0692. The van der Waals surface area contributed by atoms with E-state index >= 15 is 0 Å². The van der Waals surface area contributed by atoms with Crippen LogP contribution in [0, 0.1) is 0 Å². The van der Waals surface area contributed by atoms with Crippen LogP contribution in [0.2, 0.25) is 0 Å². The second-order valence-corrected chi connectivity index (χ2v) is 10.4. The molecule has 0 heterocycles. The maximum absolute atomic E-state index is 13.8. The Morgan fingerprint density at radius 1 is 0.946 bits per heavy atom. The largest absolute Gasteiger partial charge is 0.497 e. The maximum Gasteiger partial charge on any atom is 0.264 e. The number of para-hydroxylation sites is 1. The molecule has 0 aliphatic heterocycles. The summed E-state index contributed by atoms with van der Waals surface area (Å²) in [6, 6.07) is 22.8. The SMILES string of the molecule is CCCNC(=O)[C@H](C)N(Cc1cccc(OC)c1)C(=O)CN(c1ccccc1)S(=O)(=O)c1ccccc1. The number of nitrogens with one attached hydrogen (secondary N) is 1. The maximum atomic E-state index is 13.8. The number of nitrogens with zero attached hydrogens (tertiary/aromatic N) is 2. The second-order valence-electron chi connectivity index (χ2n) is 8.50. The van der Waals surface area contributed by atoms with Crippen LogP contribution in [0.1, 0.15) is 25.8 Å². The first-order chi connectivity index (χ1) is 17.8. The Morgan fingerprint density at radius 2 is 1.59 bits per heavy atom. The molecule has 2 amide bonds. The Kier molecular flexibility index (Phi) is 9.68. The van der Waals surface area contributed by atoms with E-state index in [4.69, 9.17) is 4.74 Å². The molecule has 0 aliphatic carbocycles. The molecule has 8 nitrogen and oxygen atoms in total. The lowest BCUT2D eigenvalue weighted by molar-refractivity contribution is -0.139. The molecule has 0 aromatic heterocycles. The molecule has 0 saturated heterocycles. The molecule has 9 heteroatoms. The van der Waals surface area contributed by atoms with Gasteiger partial charge in [0.25, 0.3) is 10.0 Å². The summed E-state index contributed by atoms with van der Waals surface area (Å²) in [6.07, 6.45) is 0.749. The summed E-state index contributed by atoms with van der Waals surface area (Å²) in [5.41, 5.74) is 1.10. The highest BCUT2D eigenvalue weighted by molar-refractivity contribution is 7.92. The van der Waals surface area contributed by atoms with E-state index in [-0.39, 0.29) is 17.3 Å². The van der Waals surface area contributed by atoms with Gasteiger partial charge in [0.2, 0.25) is 11.8 Å². The van der Waals surface area contributed by atoms with E-state index in [0.717, 1.165) is 16.3 Å². The van der Waals surface area contributed by atoms with Gasteiger partial charge >= 0.3 is 0 Å². The molecule has 0 spiro atoms. The Balaban J connectivity index is 1.98. The van der Waals surface area contributed by atoms with E-state index in [2.05, 4.69) is 5.32 Å². The molecule has 0 bridgehead atoms. The van der Waals surface area contributed by atoms with Crippen molar-refractivity contribution in [2.75, 3.05) is 24.5 Å². The predicted octanol–water partition coefficient (Wildman–Crippen LogP) is 3.83. The van der Waals surface area contributed by atoms with Gasteiger partial charge in [-0.2, -0.15) is 0 Å². The lowest BCUT2D eigenvalue weighted by atomic mass is 10.1. The summed E-state index contributed by atoms with van der Waals surface area (Å²) >= 11 is 0. The summed E-state index contributed by atoms with van der Waals surface area (Å²) < 4.78 is 33.7. The lowest BCUT2D eigenvalue weighted by Crippen LogP contribution is -2.51. The van der Waals surface area contributed by atoms with E-state index in [0.29, 0.717) is 18.0 Å². The van der Waals surface area contributed by atoms with Crippen molar-refractivity contribution in [1.29, 1.82) is 0 Å². The number of sulfonamides is 1. The number of rotatable bonds is 12. The van der Waals surface area contributed by atoms with Crippen molar-refractivity contribution < 1.29 is 22.7 Å². The molecule has 3 rings (SSSR count). The van der Waals surface area contributed by atoms with Gasteiger partial charge in [0, 0.05) is 13.1 Å². The minimum Gasteiger partial charge on any atom is -0.497 e. The molecular formula is C28H33N3O5S. The van der Waals surface area contributed by atoms with Crippen molar-refractivity contribution in [3.8, 4) is 5.75 Å². The van der Waals surface area contributed by atoms with Crippen LogP contribution in [0.4, 0.5) is 5.69 Å². The van der Waals surface area contributed by atoms with E-state index in [1.165, 1.54) is 17.0 Å². The molecule has 1 N–H and O–H groups in total. The molecule has 1 atom stereocenters. The van der Waals surface area contributed by atoms with Crippen LogP contribution in [0.15, 0.2) is 89.8 Å². The van der Waals surface area contributed by atoms with Gasteiger partial charge in [-0.15, -0.1) is 0 Å². The van der Waals surface area contributed by atoms with E-state index in [1.54, 1.807) is 80.8 Å². The highest BCUT2D eigenvalue weighted by atomic mass is 32.2. The molecule has 0 saturated carbocycles. The fourth-order valence-corrected chi connectivity index (χ4v) is 5.22. The molecular weight excluding hydrogens is 490 g/mol. The third-order valence-electron chi connectivity index (χ3n) is 5.86. The van der Waals surface area contributed by atoms with Crippen molar-refractivity contribution >= 4 is 27.5 Å². The van der Waals surface area contributed by atoms with Gasteiger partial charge in [-0.25, -0.2) is 8.42 Å². The number of carbonyl (C=O) groups excluding carboxylic acids is 2. The first-order valence-electron chi connectivity index (χ1n) is 12.1. The quantitative estimate of drug-likeness (QED) is 0.389. The third kappa shape index (κ3) is 7.10. The minimum atomic E-state index is -4.06. The summed E-state index contributed by atoms with van der Waals surface area (Å²) in [6.45, 7) is 3.68. The highest BCUT2D eigenvalue weighted by Crippen LogP contribution is 2.24. The number of ether oxygens (including phenoxy) is 1. The van der Waals surface area contributed by atoms with Gasteiger partial charge in [0.1, 0.15) is 18.3 Å². The monoisotopic (exact) mass is 523 g/mol. The fourth-order valence-electron chi connectivity index (χ4n) is 3.79. The smallest absolute Gasteiger partial charge is 0.264 e. The average Bonchev–Trinajstić information content (AvgIpc) is 2.93. The number of benzene rings is 3. The summed E-state index contributed by atoms with van der Waals surface area (Å²) in [4.78, 5) is 28.1. The number of hydrogen-bond acceptors (Lipinski definition) is 5. The summed E-state index contributed by atoms with van der Waals surface area (Å²) in [5, 5.41) is 2.83. The molecule has 3 aromatic carbocycles. The second kappa shape index (κ2) is 12.9. The Bertz CT molecular complexity index is 1280. The Labute approximate surface area is 218 Å². The average molecular weight is 524 g/mol. The molecule has 37 heavy (non-hydrogen) atoms. The number of carbonyl (C=O) groups is 2. The number of hydrogen-bond donors (Lipinski definition) is 1. The third-order valence-corrected chi connectivity index (χ3v) is 7.65. The standard InChI is InChI=1S/C28H33N3O5S/c1-4-18-29-28(33)22(2)30(20-23-12-11-15-25(19-23)36-3)27(32)21-31(24-13-7-5-8-14-24)37(34,35)26-16-9-6-10-17-26/h5-17,19,22H,4,18,20-21H2,1-3H3,(H,29,33)/t22-/m0/s1. The van der Waals surface area contributed by atoms with Crippen LogP contribution >= 0.6 is 0 Å². The van der Waals surface area contributed by atoms with Crippen LogP contribution in [0.5, 0.6) is 5.75 Å². The van der Waals surface area contributed by atoms with Crippen molar-refractivity contribution in [2.45, 2.75) is 37.8 Å².